The van der Waals surface area contributed by atoms with Gasteiger partial charge in [-0.15, -0.1) is 11.3 Å². The van der Waals surface area contributed by atoms with Crippen LogP contribution in [0.1, 0.15) is 28.5 Å². The molecule has 2 atom stereocenters. The van der Waals surface area contributed by atoms with Gasteiger partial charge in [0.2, 0.25) is 0 Å². The summed E-state index contributed by atoms with van der Waals surface area (Å²) in [6, 6.07) is 19.2. The molecule has 0 aliphatic heterocycles. The minimum atomic E-state index is 0.529. The molecule has 1 heterocycles. The fourth-order valence-electron chi connectivity index (χ4n) is 2.97. The number of hydrogen-bond acceptors (Lipinski definition) is 5. The number of benzene rings is 2. The van der Waals surface area contributed by atoms with Crippen molar-refractivity contribution in [3.8, 4) is 5.75 Å². The van der Waals surface area contributed by atoms with E-state index in [0.717, 1.165) is 22.3 Å². The zero-order valence-corrected chi connectivity index (χ0v) is 14.7. The summed E-state index contributed by atoms with van der Waals surface area (Å²) in [5, 5.41) is 5.38. The Morgan fingerprint density at radius 2 is 1.92 bits per heavy atom. The van der Waals surface area contributed by atoms with Gasteiger partial charge in [-0.25, -0.2) is 4.98 Å². The quantitative estimate of drug-likeness (QED) is 0.677. The molecule has 0 radical (unpaired) electrons. The van der Waals surface area contributed by atoms with E-state index in [1.807, 2.05) is 18.2 Å². The van der Waals surface area contributed by atoms with Gasteiger partial charge < -0.3 is 15.8 Å². The predicted octanol–water partition coefficient (Wildman–Crippen LogP) is 3.95. The van der Waals surface area contributed by atoms with Crippen molar-refractivity contribution < 1.29 is 4.74 Å². The average Bonchev–Trinajstić information content (AvgIpc) is 3.32. The maximum Gasteiger partial charge on any atom is 0.119 e. The fraction of sp³-hybridized carbons (Fsp3) is 0.250. The van der Waals surface area contributed by atoms with Gasteiger partial charge in [-0.05, 0) is 29.7 Å². The zero-order chi connectivity index (χ0) is 17.1. The lowest BCUT2D eigenvalue weighted by atomic mass is 10.1. The van der Waals surface area contributed by atoms with Crippen LogP contribution in [-0.2, 0) is 13.2 Å². The Morgan fingerprint density at radius 1 is 1.12 bits per heavy atom. The number of hydrogen-bond donors (Lipinski definition) is 2. The number of thiazole rings is 1. The third-order valence-electron chi connectivity index (χ3n) is 4.43. The van der Waals surface area contributed by atoms with Crippen molar-refractivity contribution >= 4 is 16.3 Å². The molecule has 1 saturated carbocycles. The van der Waals surface area contributed by atoms with Gasteiger partial charge in [0.15, 0.2) is 0 Å². The van der Waals surface area contributed by atoms with Crippen LogP contribution in [-0.4, -0.2) is 11.0 Å². The van der Waals surface area contributed by atoms with Crippen LogP contribution >= 0.6 is 11.3 Å². The molecular formula is C20H21N3OS. The van der Waals surface area contributed by atoms with Crippen molar-refractivity contribution in [3.05, 3.63) is 76.9 Å². The third kappa shape index (κ3) is 4.18. The molecule has 0 saturated heterocycles. The van der Waals surface area contributed by atoms with Crippen LogP contribution in [0, 0.1) is 0 Å². The van der Waals surface area contributed by atoms with Gasteiger partial charge in [0, 0.05) is 18.5 Å². The maximum atomic E-state index is 5.85. The van der Waals surface area contributed by atoms with E-state index >= 15 is 0 Å². The molecule has 2 aromatic carbocycles. The molecule has 1 aromatic heterocycles. The molecular weight excluding hydrogens is 330 g/mol. The minimum Gasteiger partial charge on any atom is -0.489 e. The molecule has 1 aliphatic rings. The summed E-state index contributed by atoms with van der Waals surface area (Å²) >= 11 is 1.55. The van der Waals surface area contributed by atoms with Crippen molar-refractivity contribution in [2.75, 3.05) is 5.73 Å². The van der Waals surface area contributed by atoms with Crippen molar-refractivity contribution in [2.45, 2.75) is 31.5 Å². The summed E-state index contributed by atoms with van der Waals surface area (Å²) in [6.07, 6.45) is 2.89. The molecule has 0 bridgehead atoms. The van der Waals surface area contributed by atoms with Gasteiger partial charge in [0.25, 0.3) is 0 Å². The van der Waals surface area contributed by atoms with E-state index in [2.05, 4.69) is 46.7 Å². The first-order chi connectivity index (χ1) is 12.3. The summed E-state index contributed by atoms with van der Waals surface area (Å²) in [6.45, 7) is 1.39. The lowest BCUT2D eigenvalue weighted by molar-refractivity contribution is 0.306. The number of aromatic nitrogens is 1. The lowest BCUT2D eigenvalue weighted by Crippen LogP contribution is -2.17. The second-order valence-electron chi connectivity index (χ2n) is 6.33. The van der Waals surface area contributed by atoms with Gasteiger partial charge in [-0.2, -0.15) is 0 Å². The molecule has 0 spiro atoms. The van der Waals surface area contributed by atoms with Gasteiger partial charge in [-0.3, -0.25) is 0 Å². The molecule has 4 rings (SSSR count). The van der Waals surface area contributed by atoms with E-state index in [9.17, 15) is 0 Å². The SMILES string of the molecule is Nc1cnc(CN[C@@H]2C[C@H]2c2ccc(OCc3ccccc3)cc2)s1. The monoisotopic (exact) mass is 351 g/mol. The third-order valence-corrected chi connectivity index (χ3v) is 5.26. The van der Waals surface area contributed by atoms with Crippen molar-refractivity contribution in [3.63, 3.8) is 0 Å². The molecule has 4 nitrogen and oxygen atoms in total. The first kappa shape index (κ1) is 16.1. The van der Waals surface area contributed by atoms with E-state index < -0.39 is 0 Å². The van der Waals surface area contributed by atoms with Crippen molar-refractivity contribution in [1.29, 1.82) is 0 Å². The molecule has 3 N–H and O–H groups in total. The Hall–Kier alpha value is -2.37. The molecule has 0 amide bonds. The van der Waals surface area contributed by atoms with E-state index in [4.69, 9.17) is 10.5 Å². The Bertz CT molecular complexity index is 816. The number of nitrogens with one attached hydrogen (secondary N) is 1. The van der Waals surface area contributed by atoms with Crippen LogP contribution in [0.5, 0.6) is 5.75 Å². The molecule has 5 heteroatoms. The Kier molecular flexibility index (Phi) is 4.68. The van der Waals surface area contributed by atoms with Crippen LogP contribution in [0.2, 0.25) is 0 Å². The Morgan fingerprint density at radius 3 is 2.64 bits per heavy atom. The van der Waals surface area contributed by atoms with E-state index in [1.54, 1.807) is 17.5 Å². The Labute approximate surface area is 151 Å². The number of anilines is 1. The molecule has 0 unspecified atom stereocenters. The summed E-state index contributed by atoms with van der Waals surface area (Å²) in [4.78, 5) is 4.28. The molecule has 3 aromatic rings. The lowest BCUT2D eigenvalue weighted by Gasteiger charge is -2.07. The van der Waals surface area contributed by atoms with Crippen LogP contribution in [0.3, 0.4) is 0 Å². The van der Waals surface area contributed by atoms with Crippen LogP contribution in [0.25, 0.3) is 0 Å². The predicted molar refractivity (Wildman–Crippen MR) is 102 cm³/mol. The average molecular weight is 351 g/mol. The number of rotatable bonds is 7. The van der Waals surface area contributed by atoms with E-state index in [-0.39, 0.29) is 0 Å². The van der Waals surface area contributed by atoms with Crippen LogP contribution in [0.15, 0.2) is 60.8 Å². The largest absolute Gasteiger partial charge is 0.489 e. The Balaban J connectivity index is 1.26. The number of nitrogen functional groups attached to an aromatic ring is 1. The number of ether oxygens (including phenoxy) is 1. The van der Waals surface area contributed by atoms with E-state index in [1.165, 1.54) is 17.5 Å². The fourth-order valence-corrected chi connectivity index (χ4v) is 3.60. The van der Waals surface area contributed by atoms with E-state index in [0.29, 0.717) is 18.6 Å². The van der Waals surface area contributed by atoms with Crippen molar-refractivity contribution in [1.82, 2.24) is 10.3 Å². The van der Waals surface area contributed by atoms with Crippen molar-refractivity contribution in [2.24, 2.45) is 0 Å². The maximum absolute atomic E-state index is 5.85. The second-order valence-corrected chi connectivity index (χ2v) is 7.48. The summed E-state index contributed by atoms with van der Waals surface area (Å²) < 4.78 is 5.85. The van der Waals surface area contributed by atoms with Gasteiger partial charge in [0.05, 0.1) is 6.20 Å². The summed E-state index contributed by atoms with van der Waals surface area (Å²) in [7, 11) is 0. The van der Waals surface area contributed by atoms with Gasteiger partial charge in [0.1, 0.15) is 22.4 Å². The number of nitrogens with zero attached hydrogens (tertiary/aromatic N) is 1. The number of nitrogens with two attached hydrogens (primary N) is 1. The normalized spacial score (nSPS) is 18.9. The van der Waals surface area contributed by atoms with Crippen LogP contribution < -0.4 is 15.8 Å². The van der Waals surface area contributed by atoms with Gasteiger partial charge >= 0.3 is 0 Å². The molecule has 1 aliphatic carbocycles. The highest BCUT2D eigenvalue weighted by atomic mass is 32.1. The van der Waals surface area contributed by atoms with Gasteiger partial charge in [-0.1, -0.05) is 42.5 Å². The first-order valence-electron chi connectivity index (χ1n) is 8.48. The standard InChI is InChI=1S/C20H21N3OS/c21-19-11-23-20(25-19)12-22-18-10-17(18)15-6-8-16(9-7-15)24-13-14-4-2-1-3-5-14/h1-9,11,17-18,22H,10,12-13,21H2/t17-,18+/m0/s1. The highest BCUT2D eigenvalue weighted by Crippen LogP contribution is 2.41. The summed E-state index contributed by atoms with van der Waals surface area (Å²) in [5.41, 5.74) is 8.26. The van der Waals surface area contributed by atoms with Crippen LogP contribution in [0.4, 0.5) is 5.00 Å². The first-order valence-corrected chi connectivity index (χ1v) is 9.30. The molecule has 25 heavy (non-hydrogen) atoms. The highest BCUT2D eigenvalue weighted by Gasteiger charge is 2.37. The highest BCUT2D eigenvalue weighted by molar-refractivity contribution is 7.15. The smallest absolute Gasteiger partial charge is 0.119 e. The molecule has 128 valence electrons. The topological polar surface area (TPSA) is 60.2 Å². The summed E-state index contributed by atoms with van der Waals surface area (Å²) in [5.74, 6) is 1.50. The zero-order valence-electron chi connectivity index (χ0n) is 13.9. The second kappa shape index (κ2) is 7.25. The minimum absolute atomic E-state index is 0.529. The molecule has 1 fully saturated rings.